The lowest BCUT2D eigenvalue weighted by Crippen LogP contribution is -2.18. The van der Waals surface area contributed by atoms with Gasteiger partial charge in [-0.25, -0.2) is 14.2 Å². The Kier molecular flexibility index (Phi) is 4.30. The van der Waals surface area contributed by atoms with Crippen LogP contribution < -0.4 is 5.32 Å². The van der Waals surface area contributed by atoms with Crippen LogP contribution in [0.25, 0.3) is 10.9 Å². The Labute approximate surface area is 140 Å². The first-order valence-corrected chi connectivity index (χ1v) is 7.89. The summed E-state index contributed by atoms with van der Waals surface area (Å²) in [6.07, 6.45) is 1.72. The second kappa shape index (κ2) is 6.40. The number of amides is 1. The molecule has 3 aromatic rings. The van der Waals surface area contributed by atoms with Gasteiger partial charge in [-0.3, -0.25) is 4.79 Å². The van der Waals surface area contributed by atoms with Gasteiger partial charge < -0.3 is 14.6 Å². The number of methoxy groups -OCH3 is 1. The number of carbonyl (C=O) groups is 2. The van der Waals surface area contributed by atoms with Gasteiger partial charge in [0.15, 0.2) is 5.13 Å². The maximum Gasteiger partial charge on any atom is 0.350 e. The van der Waals surface area contributed by atoms with E-state index in [4.69, 9.17) is 0 Å². The zero-order chi connectivity index (χ0) is 17.3. The molecule has 0 saturated heterocycles. The van der Waals surface area contributed by atoms with Crippen molar-refractivity contribution in [1.29, 1.82) is 0 Å². The van der Waals surface area contributed by atoms with Crippen molar-refractivity contribution in [1.82, 2.24) is 9.55 Å². The molecule has 124 valence electrons. The number of nitrogens with zero attached hydrogens (tertiary/aromatic N) is 2. The summed E-state index contributed by atoms with van der Waals surface area (Å²) in [6, 6.07) is 6.13. The number of benzene rings is 1. The standard InChI is InChI=1S/C16H14FN3O3S/c1-9-14(15(22)23-2)24-16(18-9)19-13(21)8-20-6-5-10-7-11(17)3-4-12(10)20/h3-7H,8H2,1-2H3,(H,18,19,21). The van der Waals surface area contributed by atoms with E-state index in [2.05, 4.69) is 15.0 Å². The highest BCUT2D eigenvalue weighted by Gasteiger charge is 2.17. The molecule has 6 nitrogen and oxygen atoms in total. The number of hydrogen-bond donors (Lipinski definition) is 1. The summed E-state index contributed by atoms with van der Waals surface area (Å²) in [5.74, 6) is -1.09. The predicted molar refractivity (Wildman–Crippen MR) is 88.7 cm³/mol. The van der Waals surface area contributed by atoms with Crippen LogP contribution in [-0.2, 0) is 16.1 Å². The second-order valence-corrected chi connectivity index (χ2v) is 6.12. The molecular formula is C16H14FN3O3S. The summed E-state index contributed by atoms with van der Waals surface area (Å²) >= 11 is 1.06. The van der Waals surface area contributed by atoms with E-state index in [9.17, 15) is 14.0 Å². The topological polar surface area (TPSA) is 73.2 Å². The zero-order valence-corrected chi connectivity index (χ0v) is 13.8. The molecule has 0 radical (unpaired) electrons. The number of aryl methyl sites for hydroxylation is 1. The van der Waals surface area contributed by atoms with Gasteiger partial charge in [0.25, 0.3) is 0 Å². The molecule has 0 atom stereocenters. The normalized spacial score (nSPS) is 10.8. The van der Waals surface area contributed by atoms with E-state index < -0.39 is 5.97 Å². The largest absolute Gasteiger partial charge is 0.465 e. The van der Waals surface area contributed by atoms with Crippen molar-refractivity contribution in [2.24, 2.45) is 0 Å². The van der Waals surface area contributed by atoms with Gasteiger partial charge >= 0.3 is 5.97 Å². The molecule has 0 aliphatic rings. The number of ether oxygens (including phenoxy) is 1. The van der Waals surface area contributed by atoms with Crippen molar-refractivity contribution in [2.45, 2.75) is 13.5 Å². The second-order valence-electron chi connectivity index (χ2n) is 5.12. The molecule has 0 aliphatic carbocycles. The van der Waals surface area contributed by atoms with Gasteiger partial charge in [0.05, 0.1) is 12.8 Å². The van der Waals surface area contributed by atoms with Crippen LogP contribution in [0.2, 0.25) is 0 Å². The summed E-state index contributed by atoms with van der Waals surface area (Å²) in [5, 5.41) is 3.72. The molecule has 24 heavy (non-hydrogen) atoms. The molecule has 0 unspecified atom stereocenters. The quantitative estimate of drug-likeness (QED) is 0.737. The van der Waals surface area contributed by atoms with Crippen LogP contribution in [0.5, 0.6) is 0 Å². The van der Waals surface area contributed by atoms with Crippen LogP contribution in [0.3, 0.4) is 0 Å². The molecule has 0 spiro atoms. The molecule has 1 N–H and O–H groups in total. The maximum absolute atomic E-state index is 13.2. The number of aromatic nitrogens is 2. The first-order chi connectivity index (χ1) is 11.5. The molecule has 2 aromatic heterocycles. The van der Waals surface area contributed by atoms with Gasteiger partial charge in [-0.2, -0.15) is 0 Å². The van der Waals surface area contributed by atoms with Crippen molar-refractivity contribution in [3.8, 4) is 0 Å². The average molecular weight is 347 g/mol. The van der Waals surface area contributed by atoms with Crippen LogP contribution in [0.4, 0.5) is 9.52 Å². The smallest absolute Gasteiger partial charge is 0.350 e. The summed E-state index contributed by atoms with van der Waals surface area (Å²) in [6.45, 7) is 1.73. The zero-order valence-electron chi connectivity index (χ0n) is 13.0. The van der Waals surface area contributed by atoms with Gasteiger partial charge in [0.2, 0.25) is 5.91 Å². The fourth-order valence-corrected chi connectivity index (χ4v) is 3.26. The monoisotopic (exact) mass is 347 g/mol. The van der Waals surface area contributed by atoms with Gasteiger partial charge in [0, 0.05) is 17.1 Å². The maximum atomic E-state index is 13.2. The predicted octanol–water partition coefficient (Wildman–Crippen LogP) is 2.97. The van der Waals surface area contributed by atoms with Crippen LogP contribution in [0.15, 0.2) is 30.5 Å². The van der Waals surface area contributed by atoms with Crippen molar-refractivity contribution in [2.75, 3.05) is 12.4 Å². The van der Waals surface area contributed by atoms with E-state index in [0.717, 1.165) is 22.2 Å². The van der Waals surface area contributed by atoms with E-state index in [1.54, 1.807) is 29.8 Å². The highest BCUT2D eigenvalue weighted by molar-refractivity contribution is 7.17. The first kappa shape index (κ1) is 16.1. The fraction of sp³-hybridized carbons (Fsp3) is 0.188. The highest BCUT2D eigenvalue weighted by Crippen LogP contribution is 2.23. The minimum atomic E-state index is -0.482. The van der Waals surface area contributed by atoms with Crippen LogP contribution >= 0.6 is 11.3 Å². The Morgan fingerprint density at radius 1 is 1.38 bits per heavy atom. The van der Waals surface area contributed by atoms with Gasteiger partial charge in [-0.15, -0.1) is 0 Å². The minimum absolute atomic E-state index is 0.0569. The number of fused-ring (bicyclic) bond motifs is 1. The van der Waals surface area contributed by atoms with Crippen LogP contribution in [-0.4, -0.2) is 28.5 Å². The van der Waals surface area contributed by atoms with E-state index in [1.165, 1.54) is 19.2 Å². The van der Waals surface area contributed by atoms with E-state index in [-0.39, 0.29) is 18.3 Å². The van der Waals surface area contributed by atoms with Gasteiger partial charge in [0.1, 0.15) is 17.2 Å². The molecule has 1 aromatic carbocycles. The Morgan fingerprint density at radius 3 is 2.92 bits per heavy atom. The Morgan fingerprint density at radius 2 is 2.17 bits per heavy atom. The van der Waals surface area contributed by atoms with Gasteiger partial charge in [-0.05, 0) is 31.2 Å². The Bertz CT molecular complexity index is 932. The van der Waals surface area contributed by atoms with E-state index in [1.807, 2.05) is 0 Å². The molecule has 2 heterocycles. The number of rotatable bonds is 4. The number of esters is 1. The summed E-state index contributed by atoms with van der Waals surface area (Å²) in [4.78, 5) is 28.3. The molecule has 0 saturated carbocycles. The Balaban J connectivity index is 1.74. The van der Waals surface area contributed by atoms with Crippen LogP contribution in [0, 0.1) is 12.7 Å². The highest BCUT2D eigenvalue weighted by atomic mass is 32.1. The number of carbonyl (C=O) groups excluding carboxylic acids is 2. The molecule has 0 bridgehead atoms. The Hall–Kier alpha value is -2.74. The lowest BCUT2D eigenvalue weighted by molar-refractivity contribution is -0.116. The third kappa shape index (κ3) is 3.13. The SMILES string of the molecule is COC(=O)c1sc(NC(=O)Cn2ccc3cc(F)ccc32)nc1C. The molecule has 1 amide bonds. The number of thiazole rings is 1. The van der Waals surface area contributed by atoms with Crippen molar-refractivity contribution in [3.63, 3.8) is 0 Å². The first-order valence-electron chi connectivity index (χ1n) is 7.08. The molecule has 3 rings (SSSR count). The number of anilines is 1. The van der Waals surface area contributed by atoms with Crippen LogP contribution in [0.1, 0.15) is 15.4 Å². The lowest BCUT2D eigenvalue weighted by Gasteiger charge is -2.05. The number of hydrogen-bond acceptors (Lipinski definition) is 5. The number of nitrogens with one attached hydrogen (secondary N) is 1. The summed E-state index contributed by atoms with van der Waals surface area (Å²) in [7, 11) is 1.29. The average Bonchev–Trinajstić information content (AvgIpc) is 3.10. The molecule has 0 aliphatic heterocycles. The molecular weight excluding hydrogens is 333 g/mol. The molecule has 0 fully saturated rings. The van der Waals surface area contributed by atoms with Crippen molar-refractivity contribution >= 4 is 39.2 Å². The van der Waals surface area contributed by atoms with Gasteiger partial charge in [-0.1, -0.05) is 11.3 Å². The fourth-order valence-electron chi connectivity index (χ4n) is 2.35. The minimum Gasteiger partial charge on any atom is -0.465 e. The third-order valence-corrected chi connectivity index (χ3v) is 4.51. The third-order valence-electron chi connectivity index (χ3n) is 3.46. The summed E-state index contributed by atoms with van der Waals surface area (Å²) < 4.78 is 19.6. The number of halogens is 1. The van der Waals surface area contributed by atoms with E-state index in [0.29, 0.717) is 15.7 Å². The van der Waals surface area contributed by atoms with Crippen molar-refractivity contribution < 1.29 is 18.7 Å². The summed E-state index contributed by atoms with van der Waals surface area (Å²) in [5.41, 5.74) is 1.26. The molecule has 8 heteroatoms. The lowest BCUT2D eigenvalue weighted by atomic mass is 10.2. The van der Waals surface area contributed by atoms with E-state index >= 15 is 0 Å². The van der Waals surface area contributed by atoms with Crippen molar-refractivity contribution in [3.05, 3.63) is 46.9 Å².